The summed E-state index contributed by atoms with van der Waals surface area (Å²) in [6.45, 7) is 4.22. The van der Waals surface area contributed by atoms with E-state index in [9.17, 15) is 0 Å². The number of rotatable bonds is 1. The van der Waals surface area contributed by atoms with E-state index in [1.54, 1.807) is 0 Å². The van der Waals surface area contributed by atoms with Crippen molar-refractivity contribution >= 4 is 64.9 Å². The van der Waals surface area contributed by atoms with E-state index in [1.807, 2.05) is 0 Å². The molecule has 8 rings (SSSR count). The van der Waals surface area contributed by atoms with Crippen molar-refractivity contribution in [2.24, 2.45) is 0 Å². The standard InChI is InChI=1S/C34H22N2/c1-19-25-12-7-13-31-33(25)34-28(20(2)35-31)16-24(18-32(34)36-19)30-17-23-14-21-8-3-4-9-22(21)15-29(23)26-10-5-6-11-27(26)30/h3-18H,1-2H3. The van der Waals surface area contributed by atoms with Gasteiger partial charge in [0.25, 0.3) is 0 Å². The van der Waals surface area contributed by atoms with Crippen LogP contribution in [0.4, 0.5) is 0 Å². The Labute approximate surface area is 208 Å². The second-order valence-electron chi connectivity index (χ2n) is 9.90. The fourth-order valence-corrected chi connectivity index (χ4v) is 6.13. The molecule has 0 saturated carbocycles. The molecule has 2 heteroatoms. The normalized spacial score (nSPS) is 12.2. The number of aryl methyl sites for hydroxylation is 2. The van der Waals surface area contributed by atoms with Crippen molar-refractivity contribution in [2.75, 3.05) is 0 Å². The van der Waals surface area contributed by atoms with E-state index in [1.165, 1.54) is 65.0 Å². The highest BCUT2D eigenvalue weighted by molar-refractivity contribution is 6.24. The molecule has 0 atom stereocenters. The first-order chi connectivity index (χ1) is 17.7. The van der Waals surface area contributed by atoms with Gasteiger partial charge in [0.05, 0.1) is 11.0 Å². The average Bonchev–Trinajstić information content (AvgIpc) is 2.91. The quantitative estimate of drug-likeness (QED) is 0.181. The van der Waals surface area contributed by atoms with Gasteiger partial charge >= 0.3 is 0 Å². The van der Waals surface area contributed by atoms with E-state index in [2.05, 4.69) is 111 Å². The van der Waals surface area contributed by atoms with Gasteiger partial charge in [0, 0.05) is 32.9 Å². The molecule has 36 heavy (non-hydrogen) atoms. The van der Waals surface area contributed by atoms with Crippen LogP contribution < -0.4 is 0 Å². The Morgan fingerprint density at radius 2 is 1.11 bits per heavy atom. The van der Waals surface area contributed by atoms with E-state index in [-0.39, 0.29) is 0 Å². The summed E-state index contributed by atoms with van der Waals surface area (Å²) in [5, 5.41) is 12.4. The molecular weight excluding hydrogens is 436 g/mol. The van der Waals surface area contributed by atoms with Gasteiger partial charge in [-0.05, 0) is 93.7 Å². The highest BCUT2D eigenvalue weighted by Crippen LogP contribution is 2.41. The van der Waals surface area contributed by atoms with E-state index in [0.717, 1.165) is 22.4 Å². The average molecular weight is 459 g/mol. The summed E-state index contributed by atoms with van der Waals surface area (Å²) in [4.78, 5) is 10.1. The zero-order valence-electron chi connectivity index (χ0n) is 20.1. The van der Waals surface area contributed by atoms with Gasteiger partial charge in [-0.2, -0.15) is 0 Å². The lowest BCUT2D eigenvalue weighted by Gasteiger charge is -2.17. The second kappa shape index (κ2) is 6.99. The molecule has 168 valence electrons. The van der Waals surface area contributed by atoms with Gasteiger partial charge in [0.2, 0.25) is 0 Å². The first-order valence-corrected chi connectivity index (χ1v) is 12.4. The number of pyridine rings is 2. The van der Waals surface area contributed by atoms with Gasteiger partial charge in [-0.15, -0.1) is 0 Å². The van der Waals surface area contributed by atoms with Crippen LogP contribution >= 0.6 is 0 Å². The molecule has 0 bridgehead atoms. The van der Waals surface area contributed by atoms with Crippen molar-refractivity contribution in [3.05, 3.63) is 108 Å². The second-order valence-corrected chi connectivity index (χ2v) is 9.90. The molecule has 6 aromatic carbocycles. The molecule has 0 fully saturated rings. The molecule has 0 N–H and O–H groups in total. The zero-order valence-corrected chi connectivity index (χ0v) is 20.1. The molecule has 0 aliphatic heterocycles. The van der Waals surface area contributed by atoms with Crippen LogP contribution in [0.15, 0.2) is 97.1 Å². The van der Waals surface area contributed by atoms with Gasteiger partial charge < -0.3 is 0 Å². The highest BCUT2D eigenvalue weighted by Gasteiger charge is 2.17. The smallest absolute Gasteiger partial charge is 0.0725 e. The van der Waals surface area contributed by atoms with Gasteiger partial charge in [-0.1, -0.05) is 60.7 Å². The molecule has 8 aromatic rings. The summed E-state index contributed by atoms with van der Waals surface area (Å²) in [7, 11) is 0. The lowest BCUT2D eigenvalue weighted by molar-refractivity contribution is 1.26. The molecule has 0 spiro atoms. The number of fused-ring (bicyclic) bond motifs is 4. The molecule has 0 saturated heterocycles. The van der Waals surface area contributed by atoms with E-state index in [0.29, 0.717) is 0 Å². The number of aromatic nitrogens is 2. The van der Waals surface area contributed by atoms with Gasteiger partial charge in [-0.25, -0.2) is 0 Å². The lowest BCUT2D eigenvalue weighted by Crippen LogP contribution is -1.96. The predicted molar refractivity (Wildman–Crippen MR) is 153 cm³/mol. The van der Waals surface area contributed by atoms with Crippen LogP contribution in [-0.2, 0) is 0 Å². The van der Waals surface area contributed by atoms with Gasteiger partial charge in [-0.3, -0.25) is 9.97 Å². The maximum atomic E-state index is 5.09. The number of nitrogens with zero attached hydrogens (tertiary/aromatic N) is 2. The third-order valence-corrected chi connectivity index (χ3v) is 7.80. The number of hydrogen-bond donors (Lipinski definition) is 0. The van der Waals surface area contributed by atoms with E-state index in [4.69, 9.17) is 9.97 Å². The Kier molecular flexibility index (Phi) is 3.83. The van der Waals surface area contributed by atoms with Crippen LogP contribution in [0.3, 0.4) is 0 Å². The predicted octanol–water partition coefficient (Wildman–Crippen LogP) is 9.12. The largest absolute Gasteiger partial charge is 0.252 e. The summed E-state index contributed by atoms with van der Waals surface area (Å²) in [5.74, 6) is 0. The van der Waals surface area contributed by atoms with E-state index < -0.39 is 0 Å². The molecule has 0 radical (unpaired) electrons. The van der Waals surface area contributed by atoms with Crippen LogP contribution in [0.25, 0.3) is 76.0 Å². The summed E-state index contributed by atoms with van der Waals surface area (Å²) in [6, 6.07) is 35.3. The summed E-state index contributed by atoms with van der Waals surface area (Å²) in [6.07, 6.45) is 0. The van der Waals surface area contributed by atoms with Crippen LogP contribution in [-0.4, -0.2) is 9.97 Å². The summed E-state index contributed by atoms with van der Waals surface area (Å²) < 4.78 is 0. The Morgan fingerprint density at radius 1 is 0.444 bits per heavy atom. The topological polar surface area (TPSA) is 25.8 Å². The third kappa shape index (κ3) is 2.61. The molecule has 0 aliphatic rings. The SMILES string of the molecule is Cc1nc2cc(-c3cc4cc5ccccc5cc4c4ccccc34)cc3c(C)nc4cccc1c4c23. The van der Waals surface area contributed by atoms with Gasteiger partial charge in [0.15, 0.2) is 0 Å². The lowest BCUT2D eigenvalue weighted by atomic mass is 9.89. The molecule has 2 heterocycles. The van der Waals surface area contributed by atoms with Crippen molar-refractivity contribution < 1.29 is 0 Å². The Bertz CT molecular complexity index is 2170. The Morgan fingerprint density at radius 3 is 1.97 bits per heavy atom. The first-order valence-electron chi connectivity index (χ1n) is 12.4. The first kappa shape index (κ1) is 19.7. The third-order valence-electron chi connectivity index (χ3n) is 7.80. The minimum atomic E-state index is 1.04. The molecular formula is C34H22N2. The Balaban J connectivity index is 1.52. The molecule has 2 nitrogen and oxygen atoms in total. The van der Waals surface area contributed by atoms with Crippen molar-refractivity contribution in [2.45, 2.75) is 13.8 Å². The Hall–Kier alpha value is -4.56. The number of hydrogen-bond acceptors (Lipinski definition) is 2. The van der Waals surface area contributed by atoms with Crippen LogP contribution in [0, 0.1) is 13.8 Å². The number of benzene rings is 6. The molecule has 2 aromatic heterocycles. The summed E-state index contributed by atoms with van der Waals surface area (Å²) in [5.41, 5.74) is 6.60. The van der Waals surface area contributed by atoms with Crippen molar-refractivity contribution in [3.63, 3.8) is 0 Å². The van der Waals surface area contributed by atoms with Crippen LogP contribution in [0.2, 0.25) is 0 Å². The highest BCUT2D eigenvalue weighted by atomic mass is 14.7. The maximum Gasteiger partial charge on any atom is 0.0725 e. The molecule has 0 aliphatic carbocycles. The monoisotopic (exact) mass is 458 g/mol. The van der Waals surface area contributed by atoms with Crippen molar-refractivity contribution in [3.8, 4) is 11.1 Å². The van der Waals surface area contributed by atoms with Crippen molar-refractivity contribution in [1.29, 1.82) is 0 Å². The molecule has 0 unspecified atom stereocenters. The minimum Gasteiger partial charge on any atom is -0.252 e. The minimum absolute atomic E-state index is 1.04. The van der Waals surface area contributed by atoms with Gasteiger partial charge in [0.1, 0.15) is 0 Å². The zero-order chi connectivity index (χ0) is 24.0. The van der Waals surface area contributed by atoms with E-state index >= 15 is 0 Å². The molecule has 0 amide bonds. The fourth-order valence-electron chi connectivity index (χ4n) is 6.13. The maximum absolute atomic E-state index is 5.09. The fraction of sp³-hybridized carbons (Fsp3) is 0.0588. The summed E-state index contributed by atoms with van der Waals surface area (Å²) >= 11 is 0. The van der Waals surface area contributed by atoms with Crippen molar-refractivity contribution in [1.82, 2.24) is 9.97 Å². The van der Waals surface area contributed by atoms with Crippen LogP contribution in [0.1, 0.15) is 11.4 Å². The van der Waals surface area contributed by atoms with Crippen LogP contribution in [0.5, 0.6) is 0 Å².